The number of hydrogen-bond acceptors (Lipinski definition) is 3. The molecule has 4 nitrogen and oxygen atoms in total. The van der Waals surface area contributed by atoms with Gasteiger partial charge in [0, 0.05) is 10.9 Å². The summed E-state index contributed by atoms with van der Waals surface area (Å²) in [6.07, 6.45) is 1.79. The number of benzene rings is 2. The summed E-state index contributed by atoms with van der Waals surface area (Å²) < 4.78 is 10.7. The molecule has 1 amide bonds. The number of para-hydroxylation sites is 1. The van der Waals surface area contributed by atoms with Crippen LogP contribution in [0.3, 0.4) is 0 Å². The zero-order valence-electron chi connectivity index (χ0n) is 11.9. The fraction of sp³-hybridized carbons (Fsp3) is 0.118. The van der Waals surface area contributed by atoms with Crippen LogP contribution in [0.1, 0.15) is 5.56 Å². The molecule has 0 saturated heterocycles. The molecule has 3 aromatic rings. The monoisotopic (exact) mass is 315 g/mol. The van der Waals surface area contributed by atoms with Gasteiger partial charge in [0.2, 0.25) is 5.91 Å². The Morgan fingerprint density at radius 3 is 2.86 bits per heavy atom. The van der Waals surface area contributed by atoms with E-state index >= 15 is 0 Å². The Hall–Kier alpha value is -2.46. The Balaban J connectivity index is 1.81. The molecule has 112 valence electrons. The number of furan rings is 1. The largest absolute Gasteiger partial charge is 0.497 e. The van der Waals surface area contributed by atoms with Gasteiger partial charge in [-0.3, -0.25) is 4.79 Å². The minimum absolute atomic E-state index is 0.154. The molecular weight excluding hydrogens is 302 g/mol. The van der Waals surface area contributed by atoms with Crippen LogP contribution in [0, 0.1) is 0 Å². The van der Waals surface area contributed by atoms with Crippen LogP contribution < -0.4 is 10.1 Å². The van der Waals surface area contributed by atoms with Crippen LogP contribution in [0.5, 0.6) is 5.75 Å². The first-order valence-electron chi connectivity index (χ1n) is 6.76. The highest BCUT2D eigenvalue weighted by Crippen LogP contribution is 2.27. The third kappa shape index (κ3) is 2.92. The van der Waals surface area contributed by atoms with Crippen molar-refractivity contribution in [3.8, 4) is 5.75 Å². The zero-order chi connectivity index (χ0) is 15.5. The second kappa shape index (κ2) is 6.12. The number of carbonyl (C=O) groups excluding carboxylic acids is 1. The van der Waals surface area contributed by atoms with Crippen molar-refractivity contribution in [1.29, 1.82) is 0 Å². The number of nitrogens with one attached hydrogen (secondary N) is 1. The van der Waals surface area contributed by atoms with E-state index in [-0.39, 0.29) is 12.3 Å². The summed E-state index contributed by atoms with van der Waals surface area (Å²) in [5.41, 5.74) is 2.12. The van der Waals surface area contributed by atoms with Crippen LogP contribution in [0.25, 0.3) is 11.0 Å². The van der Waals surface area contributed by atoms with E-state index in [9.17, 15) is 4.79 Å². The van der Waals surface area contributed by atoms with Crippen molar-refractivity contribution in [2.24, 2.45) is 0 Å². The van der Waals surface area contributed by atoms with Gasteiger partial charge >= 0.3 is 0 Å². The number of hydrogen-bond donors (Lipinski definition) is 1. The summed E-state index contributed by atoms with van der Waals surface area (Å²) in [7, 11) is 1.60. The molecule has 0 aliphatic rings. The molecule has 22 heavy (non-hydrogen) atoms. The van der Waals surface area contributed by atoms with E-state index in [2.05, 4.69) is 5.32 Å². The van der Waals surface area contributed by atoms with E-state index in [0.29, 0.717) is 10.7 Å². The molecule has 0 aliphatic heterocycles. The van der Waals surface area contributed by atoms with E-state index in [1.807, 2.05) is 30.3 Å². The van der Waals surface area contributed by atoms with Gasteiger partial charge in [0.1, 0.15) is 11.3 Å². The molecule has 0 radical (unpaired) electrons. The quantitative estimate of drug-likeness (QED) is 0.782. The Labute approximate surface area is 132 Å². The second-order valence-electron chi connectivity index (χ2n) is 4.83. The summed E-state index contributed by atoms with van der Waals surface area (Å²) in [5, 5.41) is 4.18. The lowest BCUT2D eigenvalue weighted by Gasteiger charge is -2.06. The number of anilines is 1. The Morgan fingerprint density at radius 1 is 1.27 bits per heavy atom. The average molecular weight is 316 g/mol. The van der Waals surface area contributed by atoms with Gasteiger partial charge in [0.05, 0.1) is 30.5 Å². The smallest absolute Gasteiger partial charge is 0.228 e. The third-order valence-electron chi connectivity index (χ3n) is 3.36. The number of fused-ring (bicyclic) bond motifs is 1. The Bertz CT molecular complexity index is 826. The molecular formula is C17H14ClNO3. The molecule has 1 aromatic heterocycles. The van der Waals surface area contributed by atoms with Gasteiger partial charge in [-0.25, -0.2) is 0 Å². The zero-order valence-corrected chi connectivity index (χ0v) is 12.7. The normalized spacial score (nSPS) is 10.6. The lowest BCUT2D eigenvalue weighted by Crippen LogP contribution is -2.14. The maximum Gasteiger partial charge on any atom is 0.228 e. The summed E-state index contributed by atoms with van der Waals surface area (Å²) in [4.78, 5) is 12.2. The van der Waals surface area contributed by atoms with Crippen LogP contribution in [0.4, 0.5) is 5.69 Å². The summed E-state index contributed by atoms with van der Waals surface area (Å²) in [5.74, 6) is 0.570. The first-order valence-corrected chi connectivity index (χ1v) is 7.13. The first kappa shape index (κ1) is 14.5. The minimum atomic E-state index is -0.154. The number of carbonyl (C=O) groups is 1. The van der Waals surface area contributed by atoms with Crippen molar-refractivity contribution in [3.63, 3.8) is 0 Å². The van der Waals surface area contributed by atoms with Crippen LogP contribution in [-0.2, 0) is 11.2 Å². The fourth-order valence-electron chi connectivity index (χ4n) is 2.25. The van der Waals surface area contributed by atoms with Crippen molar-refractivity contribution >= 4 is 34.2 Å². The van der Waals surface area contributed by atoms with Gasteiger partial charge in [-0.05, 0) is 30.3 Å². The van der Waals surface area contributed by atoms with Crippen LogP contribution in [0.15, 0.2) is 53.1 Å². The van der Waals surface area contributed by atoms with E-state index in [4.69, 9.17) is 20.8 Å². The number of ether oxygens (including phenoxy) is 1. The molecule has 3 rings (SSSR count). The SMILES string of the molecule is COc1ccc2occ(CC(=O)Nc3ccccc3Cl)c2c1. The highest BCUT2D eigenvalue weighted by atomic mass is 35.5. The van der Waals surface area contributed by atoms with Crippen molar-refractivity contribution in [3.05, 3.63) is 59.3 Å². The molecule has 0 spiro atoms. The Kier molecular flexibility index (Phi) is 4.02. The Morgan fingerprint density at radius 2 is 2.09 bits per heavy atom. The molecule has 0 atom stereocenters. The summed E-state index contributed by atoms with van der Waals surface area (Å²) in [6, 6.07) is 12.6. The minimum Gasteiger partial charge on any atom is -0.497 e. The topological polar surface area (TPSA) is 51.5 Å². The molecule has 2 aromatic carbocycles. The summed E-state index contributed by atoms with van der Waals surface area (Å²) >= 11 is 6.04. The van der Waals surface area contributed by atoms with E-state index in [1.54, 1.807) is 25.5 Å². The number of methoxy groups -OCH3 is 1. The highest BCUT2D eigenvalue weighted by molar-refractivity contribution is 6.33. The predicted octanol–water partition coefficient (Wildman–Crippen LogP) is 4.28. The van der Waals surface area contributed by atoms with Crippen LogP contribution in [-0.4, -0.2) is 13.0 Å². The predicted molar refractivity (Wildman–Crippen MR) is 86.6 cm³/mol. The van der Waals surface area contributed by atoms with Crippen molar-refractivity contribution in [2.45, 2.75) is 6.42 Å². The van der Waals surface area contributed by atoms with Gasteiger partial charge in [0.25, 0.3) is 0 Å². The van der Waals surface area contributed by atoms with E-state index in [1.165, 1.54) is 0 Å². The summed E-state index contributed by atoms with van der Waals surface area (Å²) in [6.45, 7) is 0. The van der Waals surface area contributed by atoms with Gasteiger partial charge in [-0.15, -0.1) is 0 Å². The molecule has 0 bridgehead atoms. The lowest BCUT2D eigenvalue weighted by molar-refractivity contribution is -0.115. The van der Waals surface area contributed by atoms with Gasteiger partial charge < -0.3 is 14.5 Å². The molecule has 0 aliphatic carbocycles. The van der Waals surface area contributed by atoms with Crippen molar-refractivity contribution in [2.75, 3.05) is 12.4 Å². The first-order chi connectivity index (χ1) is 10.7. The average Bonchev–Trinajstić information content (AvgIpc) is 2.91. The van der Waals surface area contributed by atoms with Gasteiger partial charge in [-0.1, -0.05) is 23.7 Å². The molecule has 1 N–H and O–H groups in total. The van der Waals surface area contributed by atoms with Gasteiger partial charge in [-0.2, -0.15) is 0 Å². The van der Waals surface area contributed by atoms with Crippen molar-refractivity contribution < 1.29 is 13.9 Å². The van der Waals surface area contributed by atoms with Crippen LogP contribution in [0.2, 0.25) is 5.02 Å². The molecule has 0 fully saturated rings. The number of halogens is 1. The number of amides is 1. The van der Waals surface area contributed by atoms with E-state index < -0.39 is 0 Å². The van der Waals surface area contributed by atoms with Crippen LogP contribution >= 0.6 is 11.6 Å². The van der Waals surface area contributed by atoms with Crippen molar-refractivity contribution in [1.82, 2.24) is 0 Å². The standard InChI is InChI=1S/C17H14ClNO3/c1-21-12-6-7-16-13(9-12)11(10-22-16)8-17(20)19-15-5-3-2-4-14(15)18/h2-7,9-10H,8H2,1H3,(H,19,20). The lowest BCUT2D eigenvalue weighted by atomic mass is 10.1. The van der Waals surface area contributed by atoms with E-state index in [0.717, 1.165) is 22.3 Å². The maximum atomic E-state index is 12.2. The molecule has 0 unspecified atom stereocenters. The molecule has 0 saturated carbocycles. The maximum absolute atomic E-state index is 12.2. The molecule has 1 heterocycles. The second-order valence-corrected chi connectivity index (χ2v) is 5.24. The number of rotatable bonds is 4. The molecule has 5 heteroatoms. The highest BCUT2D eigenvalue weighted by Gasteiger charge is 2.12. The van der Waals surface area contributed by atoms with Gasteiger partial charge in [0.15, 0.2) is 0 Å². The third-order valence-corrected chi connectivity index (χ3v) is 3.69. The fourth-order valence-corrected chi connectivity index (χ4v) is 2.44.